The van der Waals surface area contributed by atoms with E-state index in [0.29, 0.717) is 43.4 Å². The SMILES string of the molecule is CN(Cc1nc2ccccc2s1)C(=O)CN1CCC(C(=O)c2ccc3c(c2)OCCO3)CC1. The van der Waals surface area contributed by atoms with Crippen LogP contribution >= 0.6 is 11.3 Å². The van der Waals surface area contributed by atoms with Gasteiger partial charge in [0.15, 0.2) is 17.3 Å². The Bertz CT molecular complexity index is 1140. The lowest BCUT2D eigenvalue weighted by molar-refractivity contribution is -0.131. The first kappa shape index (κ1) is 21.9. The molecule has 33 heavy (non-hydrogen) atoms. The zero-order valence-corrected chi connectivity index (χ0v) is 19.5. The van der Waals surface area contributed by atoms with Crippen LogP contribution < -0.4 is 9.47 Å². The summed E-state index contributed by atoms with van der Waals surface area (Å²) in [5.41, 5.74) is 1.65. The third-order valence-corrected chi connectivity index (χ3v) is 7.30. The smallest absolute Gasteiger partial charge is 0.236 e. The van der Waals surface area contributed by atoms with Gasteiger partial charge in [-0.25, -0.2) is 4.98 Å². The summed E-state index contributed by atoms with van der Waals surface area (Å²) >= 11 is 1.63. The number of likely N-dealkylation sites (N-methyl/N-ethyl adjacent to an activating group) is 1. The third kappa shape index (κ3) is 4.86. The topological polar surface area (TPSA) is 72.0 Å². The van der Waals surface area contributed by atoms with Crippen LogP contribution in [0.2, 0.25) is 0 Å². The molecule has 2 aliphatic heterocycles. The first-order chi connectivity index (χ1) is 16.1. The molecule has 0 bridgehead atoms. The number of ketones is 1. The Morgan fingerprint density at radius 2 is 1.85 bits per heavy atom. The van der Waals surface area contributed by atoms with Crippen molar-refractivity contribution in [3.05, 3.63) is 53.0 Å². The second kappa shape index (κ2) is 9.49. The van der Waals surface area contributed by atoms with Crippen LogP contribution in [0.4, 0.5) is 0 Å². The fourth-order valence-electron chi connectivity index (χ4n) is 4.38. The van der Waals surface area contributed by atoms with Gasteiger partial charge in [-0.1, -0.05) is 12.1 Å². The average molecular weight is 466 g/mol. The number of thiazole rings is 1. The van der Waals surface area contributed by atoms with Crippen LogP contribution in [0.5, 0.6) is 11.5 Å². The number of amides is 1. The molecule has 1 amide bonds. The van der Waals surface area contributed by atoms with Crippen molar-refractivity contribution in [3.63, 3.8) is 0 Å². The van der Waals surface area contributed by atoms with Crippen LogP contribution in [-0.4, -0.2) is 66.4 Å². The average Bonchev–Trinajstić information content (AvgIpc) is 3.26. The van der Waals surface area contributed by atoms with Gasteiger partial charge in [-0.15, -0.1) is 11.3 Å². The van der Waals surface area contributed by atoms with Gasteiger partial charge in [0.1, 0.15) is 18.2 Å². The Morgan fingerprint density at radius 3 is 2.64 bits per heavy atom. The van der Waals surface area contributed by atoms with Gasteiger partial charge in [-0.2, -0.15) is 0 Å². The number of ether oxygens (including phenoxy) is 2. The molecule has 0 saturated carbocycles. The molecule has 0 atom stereocenters. The highest BCUT2D eigenvalue weighted by atomic mass is 32.1. The molecule has 5 rings (SSSR count). The van der Waals surface area contributed by atoms with Crippen LogP contribution in [0.3, 0.4) is 0 Å². The quantitative estimate of drug-likeness (QED) is 0.518. The van der Waals surface area contributed by atoms with Crippen molar-refractivity contribution in [2.75, 3.05) is 39.9 Å². The molecular formula is C25H27N3O4S. The molecule has 1 aromatic heterocycles. The molecule has 7 nitrogen and oxygen atoms in total. The van der Waals surface area contributed by atoms with Gasteiger partial charge in [0.2, 0.25) is 5.91 Å². The van der Waals surface area contributed by atoms with Crippen LogP contribution in [-0.2, 0) is 11.3 Å². The third-order valence-electron chi connectivity index (χ3n) is 6.28. The van der Waals surface area contributed by atoms with E-state index in [1.165, 1.54) is 0 Å². The molecule has 172 valence electrons. The Balaban J connectivity index is 1.12. The van der Waals surface area contributed by atoms with Crippen LogP contribution in [0.15, 0.2) is 42.5 Å². The van der Waals surface area contributed by atoms with Gasteiger partial charge in [-0.05, 0) is 56.3 Å². The number of nitrogens with zero attached hydrogens (tertiary/aromatic N) is 3. The fraction of sp³-hybridized carbons (Fsp3) is 0.400. The molecule has 0 N–H and O–H groups in total. The second-order valence-corrected chi connectivity index (χ2v) is 9.71. The number of fused-ring (bicyclic) bond motifs is 2. The van der Waals surface area contributed by atoms with Crippen molar-refractivity contribution < 1.29 is 19.1 Å². The minimum Gasteiger partial charge on any atom is -0.486 e. The maximum Gasteiger partial charge on any atom is 0.236 e. The summed E-state index contributed by atoms with van der Waals surface area (Å²) in [4.78, 5) is 34.3. The Kier molecular flexibility index (Phi) is 6.28. The van der Waals surface area contributed by atoms with Crippen molar-refractivity contribution in [2.24, 2.45) is 5.92 Å². The lowest BCUT2D eigenvalue weighted by Gasteiger charge is -2.32. The molecule has 1 saturated heterocycles. The van der Waals surface area contributed by atoms with E-state index < -0.39 is 0 Å². The zero-order chi connectivity index (χ0) is 22.8. The zero-order valence-electron chi connectivity index (χ0n) is 18.7. The number of hydrogen-bond donors (Lipinski definition) is 0. The van der Waals surface area contributed by atoms with E-state index in [0.717, 1.165) is 41.2 Å². The molecule has 0 aliphatic carbocycles. The summed E-state index contributed by atoms with van der Waals surface area (Å²) in [5, 5.41) is 0.941. The monoisotopic (exact) mass is 465 g/mol. The van der Waals surface area contributed by atoms with Crippen LogP contribution in [0.25, 0.3) is 10.2 Å². The van der Waals surface area contributed by atoms with E-state index in [1.54, 1.807) is 22.3 Å². The van der Waals surface area contributed by atoms with Crippen molar-refractivity contribution >= 4 is 33.2 Å². The molecule has 1 fully saturated rings. The first-order valence-corrected chi connectivity index (χ1v) is 12.1. The largest absolute Gasteiger partial charge is 0.486 e. The van der Waals surface area contributed by atoms with E-state index >= 15 is 0 Å². The molecular weight excluding hydrogens is 438 g/mol. The van der Waals surface area contributed by atoms with Gasteiger partial charge >= 0.3 is 0 Å². The number of benzene rings is 2. The summed E-state index contributed by atoms with van der Waals surface area (Å²) in [6.45, 7) is 3.39. The lowest BCUT2D eigenvalue weighted by atomic mass is 9.88. The minimum atomic E-state index is -0.0283. The molecule has 0 radical (unpaired) electrons. The minimum absolute atomic E-state index is 0.0283. The van der Waals surface area contributed by atoms with E-state index in [2.05, 4.69) is 16.0 Å². The van der Waals surface area contributed by atoms with Gasteiger partial charge < -0.3 is 14.4 Å². The Morgan fingerprint density at radius 1 is 1.09 bits per heavy atom. The summed E-state index contributed by atoms with van der Waals surface area (Å²) in [6, 6.07) is 13.5. The maximum absolute atomic E-state index is 13.0. The number of likely N-dealkylation sites (tertiary alicyclic amines) is 1. The maximum atomic E-state index is 13.0. The first-order valence-electron chi connectivity index (χ1n) is 11.3. The molecule has 0 spiro atoms. The molecule has 0 unspecified atom stereocenters. The number of carbonyl (C=O) groups excluding carboxylic acids is 2. The standard InChI is InChI=1S/C25H27N3O4S/c1-27(15-23-26-19-4-2-3-5-22(19)33-23)24(29)16-28-10-8-17(9-11-28)25(30)18-6-7-20-21(14-18)32-13-12-31-20/h2-7,14,17H,8-13,15-16H2,1H3. The van der Waals surface area contributed by atoms with Gasteiger partial charge in [0.05, 0.1) is 23.3 Å². The predicted octanol–water partition coefficient (Wildman–Crippen LogP) is 3.62. The highest BCUT2D eigenvalue weighted by molar-refractivity contribution is 7.18. The summed E-state index contributed by atoms with van der Waals surface area (Å²) < 4.78 is 12.3. The van der Waals surface area contributed by atoms with Crippen LogP contribution in [0.1, 0.15) is 28.2 Å². The lowest BCUT2D eigenvalue weighted by Crippen LogP contribution is -2.43. The van der Waals surface area contributed by atoms with E-state index in [4.69, 9.17) is 9.47 Å². The Labute approximate surface area is 196 Å². The van der Waals surface area contributed by atoms with Gasteiger partial charge in [-0.3, -0.25) is 14.5 Å². The van der Waals surface area contributed by atoms with Gasteiger partial charge in [0, 0.05) is 18.5 Å². The number of rotatable bonds is 6. The summed E-state index contributed by atoms with van der Waals surface area (Å²) in [5.74, 6) is 1.53. The molecule has 2 aliphatic rings. The number of aromatic nitrogens is 1. The highest BCUT2D eigenvalue weighted by Gasteiger charge is 2.28. The van der Waals surface area contributed by atoms with E-state index in [1.807, 2.05) is 37.4 Å². The van der Waals surface area contributed by atoms with Crippen molar-refractivity contribution in [3.8, 4) is 11.5 Å². The van der Waals surface area contributed by atoms with Gasteiger partial charge in [0.25, 0.3) is 0 Å². The number of piperidine rings is 1. The second-order valence-electron chi connectivity index (χ2n) is 8.60. The Hall–Kier alpha value is -2.97. The van der Waals surface area contributed by atoms with Crippen molar-refractivity contribution in [2.45, 2.75) is 19.4 Å². The van der Waals surface area contributed by atoms with Crippen LogP contribution in [0, 0.1) is 5.92 Å². The summed E-state index contributed by atoms with van der Waals surface area (Å²) in [7, 11) is 1.83. The summed E-state index contributed by atoms with van der Waals surface area (Å²) in [6.07, 6.45) is 1.50. The molecule has 8 heteroatoms. The van der Waals surface area contributed by atoms with Crippen molar-refractivity contribution in [1.29, 1.82) is 0 Å². The van der Waals surface area contributed by atoms with E-state index in [9.17, 15) is 9.59 Å². The normalized spacial score (nSPS) is 16.6. The highest BCUT2D eigenvalue weighted by Crippen LogP contribution is 2.32. The predicted molar refractivity (Wildman–Crippen MR) is 127 cm³/mol. The fourth-order valence-corrected chi connectivity index (χ4v) is 5.40. The number of carbonyl (C=O) groups is 2. The molecule has 3 aromatic rings. The molecule has 2 aromatic carbocycles. The van der Waals surface area contributed by atoms with E-state index in [-0.39, 0.29) is 17.6 Å². The van der Waals surface area contributed by atoms with Crippen molar-refractivity contribution in [1.82, 2.24) is 14.8 Å². The number of Topliss-reactive ketones (excluding diaryl/α,β-unsaturated/α-hetero) is 1. The number of para-hydroxylation sites is 1. The number of hydrogen-bond acceptors (Lipinski definition) is 7. The molecule has 3 heterocycles.